The minimum atomic E-state index is -0.116. The predicted molar refractivity (Wildman–Crippen MR) is 112 cm³/mol. The number of carbonyl (C=O) groups is 3. The maximum atomic E-state index is 12.5. The number of nitrogens with zero attached hydrogens (tertiary/aromatic N) is 2. The minimum Gasteiger partial charge on any atom is -0.484 e. The van der Waals surface area contributed by atoms with Crippen molar-refractivity contribution in [1.29, 1.82) is 0 Å². The average Bonchev–Trinajstić information content (AvgIpc) is 3.64. The fraction of sp³-hybridized carbons (Fsp3) is 0.348. The van der Waals surface area contributed by atoms with Crippen LogP contribution in [-0.4, -0.2) is 60.3 Å². The third-order valence-electron chi connectivity index (χ3n) is 5.35. The van der Waals surface area contributed by atoms with Gasteiger partial charge >= 0.3 is 0 Å². The summed E-state index contributed by atoms with van der Waals surface area (Å²) in [6.07, 6.45) is 1.89. The highest BCUT2D eigenvalue weighted by atomic mass is 16.5. The fourth-order valence-corrected chi connectivity index (χ4v) is 3.41. The van der Waals surface area contributed by atoms with E-state index >= 15 is 0 Å². The second-order valence-corrected chi connectivity index (χ2v) is 7.62. The Morgan fingerprint density at radius 2 is 1.60 bits per heavy atom. The summed E-state index contributed by atoms with van der Waals surface area (Å²) in [5.41, 5.74) is 1.33. The SMILES string of the molecule is O=C(Nc1cccc(OCC(=O)N2CCN(C(=O)c3ccccc3)CC2)c1)C1CC1. The van der Waals surface area contributed by atoms with Crippen LogP contribution < -0.4 is 10.1 Å². The first-order valence-electron chi connectivity index (χ1n) is 10.3. The molecule has 0 radical (unpaired) electrons. The number of ether oxygens (including phenoxy) is 1. The predicted octanol–water partition coefficient (Wildman–Crippen LogP) is 2.40. The highest BCUT2D eigenvalue weighted by Gasteiger charge is 2.29. The van der Waals surface area contributed by atoms with Crippen molar-refractivity contribution in [1.82, 2.24) is 9.80 Å². The number of carbonyl (C=O) groups excluding carboxylic acids is 3. The number of anilines is 1. The summed E-state index contributed by atoms with van der Waals surface area (Å²) in [7, 11) is 0. The van der Waals surface area contributed by atoms with Crippen LogP contribution in [0.2, 0.25) is 0 Å². The molecular weight excluding hydrogens is 382 g/mol. The smallest absolute Gasteiger partial charge is 0.260 e. The van der Waals surface area contributed by atoms with E-state index in [-0.39, 0.29) is 30.2 Å². The second kappa shape index (κ2) is 8.98. The molecule has 0 atom stereocenters. The van der Waals surface area contributed by atoms with E-state index in [0.717, 1.165) is 12.8 Å². The van der Waals surface area contributed by atoms with Gasteiger partial charge in [-0.3, -0.25) is 14.4 Å². The van der Waals surface area contributed by atoms with Crippen molar-refractivity contribution < 1.29 is 19.1 Å². The molecule has 0 aromatic heterocycles. The summed E-state index contributed by atoms with van der Waals surface area (Å²) < 4.78 is 5.64. The summed E-state index contributed by atoms with van der Waals surface area (Å²) in [5.74, 6) is 0.572. The average molecular weight is 407 g/mol. The topological polar surface area (TPSA) is 79.0 Å². The minimum absolute atomic E-state index is 0.0102. The number of piperazine rings is 1. The molecule has 2 aliphatic rings. The van der Waals surface area contributed by atoms with Gasteiger partial charge in [-0.15, -0.1) is 0 Å². The Kier molecular flexibility index (Phi) is 5.97. The molecule has 2 aromatic carbocycles. The van der Waals surface area contributed by atoms with E-state index in [9.17, 15) is 14.4 Å². The van der Waals surface area contributed by atoms with Crippen LogP contribution in [0.5, 0.6) is 5.75 Å². The lowest BCUT2D eigenvalue weighted by atomic mass is 10.2. The largest absolute Gasteiger partial charge is 0.484 e. The van der Waals surface area contributed by atoms with E-state index in [0.29, 0.717) is 43.2 Å². The molecule has 7 heteroatoms. The van der Waals surface area contributed by atoms with E-state index in [1.165, 1.54) is 0 Å². The van der Waals surface area contributed by atoms with Gasteiger partial charge in [-0.1, -0.05) is 24.3 Å². The van der Waals surface area contributed by atoms with Crippen LogP contribution >= 0.6 is 0 Å². The summed E-state index contributed by atoms with van der Waals surface area (Å²) in [4.78, 5) is 40.4. The first-order chi connectivity index (χ1) is 14.6. The van der Waals surface area contributed by atoms with Gasteiger partial charge < -0.3 is 19.9 Å². The molecule has 1 aliphatic heterocycles. The molecule has 1 N–H and O–H groups in total. The molecule has 0 unspecified atom stereocenters. The van der Waals surface area contributed by atoms with Gasteiger partial charge in [0.15, 0.2) is 6.61 Å². The molecule has 1 heterocycles. The fourth-order valence-electron chi connectivity index (χ4n) is 3.41. The van der Waals surface area contributed by atoms with Crippen LogP contribution in [0, 0.1) is 5.92 Å². The lowest BCUT2D eigenvalue weighted by Crippen LogP contribution is -2.51. The zero-order chi connectivity index (χ0) is 20.9. The number of rotatable bonds is 6. The van der Waals surface area contributed by atoms with Crippen LogP contribution in [0.15, 0.2) is 54.6 Å². The van der Waals surface area contributed by atoms with Crippen molar-refractivity contribution in [3.05, 3.63) is 60.2 Å². The van der Waals surface area contributed by atoms with Crippen molar-refractivity contribution in [3.8, 4) is 5.75 Å². The molecule has 3 amide bonds. The highest BCUT2D eigenvalue weighted by molar-refractivity contribution is 5.95. The van der Waals surface area contributed by atoms with Crippen molar-refractivity contribution in [2.24, 2.45) is 5.92 Å². The third-order valence-corrected chi connectivity index (χ3v) is 5.35. The van der Waals surface area contributed by atoms with Gasteiger partial charge in [-0.05, 0) is 37.1 Å². The Bertz CT molecular complexity index is 919. The molecule has 156 valence electrons. The number of amides is 3. The molecule has 2 fully saturated rings. The van der Waals surface area contributed by atoms with Crippen LogP contribution in [0.25, 0.3) is 0 Å². The van der Waals surface area contributed by atoms with E-state index < -0.39 is 0 Å². The number of nitrogens with one attached hydrogen (secondary N) is 1. The Morgan fingerprint density at radius 3 is 2.30 bits per heavy atom. The molecule has 1 saturated carbocycles. The monoisotopic (exact) mass is 407 g/mol. The van der Waals surface area contributed by atoms with Crippen LogP contribution in [0.1, 0.15) is 23.2 Å². The van der Waals surface area contributed by atoms with E-state index in [4.69, 9.17) is 4.74 Å². The second-order valence-electron chi connectivity index (χ2n) is 7.62. The lowest BCUT2D eigenvalue weighted by molar-refractivity contribution is -0.134. The number of hydrogen-bond donors (Lipinski definition) is 1. The van der Waals surface area contributed by atoms with Gasteiger partial charge in [0.05, 0.1) is 0 Å². The van der Waals surface area contributed by atoms with Gasteiger partial charge in [-0.2, -0.15) is 0 Å². The molecular formula is C23H25N3O4. The standard InChI is InChI=1S/C23H25N3O4/c27-21(16-30-20-8-4-7-19(15-20)24-22(28)17-9-10-17)25-11-13-26(14-12-25)23(29)18-5-2-1-3-6-18/h1-8,15,17H,9-14,16H2,(H,24,28). The molecule has 0 bridgehead atoms. The van der Waals surface area contributed by atoms with Crippen molar-refractivity contribution in [2.45, 2.75) is 12.8 Å². The lowest BCUT2D eigenvalue weighted by Gasteiger charge is -2.34. The van der Waals surface area contributed by atoms with Gasteiger partial charge in [-0.25, -0.2) is 0 Å². The molecule has 7 nitrogen and oxygen atoms in total. The van der Waals surface area contributed by atoms with Crippen molar-refractivity contribution in [3.63, 3.8) is 0 Å². The first kappa shape index (κ1) is 19.9. The maximum absolute atomic E-state index is 12.5. The molecule has 0 spiro atoms. The summed E-state index contributed by atoms with van der Waals surface area (Å²) in [5, 5.41) is 2.87. The molecule has 30 heavy (non-hydrogen) atoms. The van der Waals surface area contributed by atoms with Gasteiger partial charge in [0.2, 0.25) is 5.91 Å². The summed E-state index contributed by atoms with van der Waals surface area (Å²) >= 11 is 0. The Morgan fingerprint density at radius 1 is 0.900 bits per heavy atom. The maximum Gasteiger partial charge on any atom is 0.260 e. The van der Waals surface area contributed by atoms with E-state index in [2.05, 4.69) is 5.32 Å². The van der Waals surface area contributed by atoms with Crippen LogP contribution in [0.3, 0.4) is 0 Å². The summed E-state index contributed by atoms with van der Waals surface area (Å²) in [6, 6.07) is 16.2. The zero-order valence-electron chi connectivity index (χ0n) is 16.8. The Labute approximate surface area is 175 Å². The molecule has 2 aromatic rings. The number of hydrogen-bond acceptors (Lipinski definition) is 4. The first-order valence-corrected chi connectivity index (χ1v) is 10.3. The Hall–Kier alpha value is -3.35. The van der Waals surface area contributed by atoms with Crippen LogP contribution in [-0.2, 0) is 9.59 Å². The van der Waals surface area contributed by atoms with Gasteiger partial charge in [0, 0.05) is 49.4 Å². The molecule has 1 saturated heterocycles. The quantitative estimate of drug-likeness (QED) is 0.798. The van der Waals surface area contributed by atoms with Crippen LogP contribution in [0.4, 0.5) is 5.69 Å². The number of benzene rings is 2. The molecule has 1 aliphatic carbocycles. The molecule has 4 rings (SSSR count). The summed E-state index contributed by atoms with van der Waals surface area (Å²) in [6.45, 7) is 1.90. The van der Waals surface area contributed by atoms with Gasteiger partial charge in [0.1, 0.15) is 5.75 Å². The Balaban J connectivity index is 1.24. The third kappa shape index (κ3) is 4.97. The highest BCUT2D eigenvalue weighted by Crippen LogP contribution is 2.30. The van der Waals surface area contributed by atoms with E-state index in [1.54, 1.807) is 46.2 Å². The zero-order valence-corrected chi connectivity index (χ0v) is 16.8. The van der Waals surface area contributed by atoms with Crippen molar-refractivity contribution in [2.75, 3.05) is 38.1 Å². The van der Waals surface area contributed by atoms with E-state index in [1.807, 2.05) is 18.2 Å². The van der Waals surface area contributed by atoms with Gasteiger partial charge in [0.25, 0.3) is 11.8 Å². The normalized spacial score (nSPS) is 16.1. The van der Waals surface area contributed by atoms with Crippen molar-refractivity contribution >= 4 is 23.4 Å².